The van der Waals surface area contributed by atoms with Crippen molar-refractivity contribution in [3.05, 3.63) is 17.8 Å². The summed E-state index contributed by atoms with van der Waals surface area (Å²) >= 11 is 2.65. The van der Waals surface area contributed by atoms with Crippen LogP contribution in [0.1, 0.15) is 44.7 Å². The molecule has 1 aliphatic carbocycles. The fourth-order valence-corrected chi connectivity index (χ4v) is 4.27. The molecule has 8 heteroatoms. The largest absolute Gasteiger partial charge is 0.357 e. The second kappa shape index (κ2) is 7.32. The van der Waals surface area contributed by atoms with E-state index in [0.717, 1.165) is 5.13 Å². The molecule has 0 spiro atoms. The first kappa shape index (κ1) is 15.6. The first-order valence-corrected chi connectivity index (χ1v) is 9.17. The summed E-state index contributed by atoms with van der Waals surface area (Å²) in [7, 11) is 0. The molecule has 0 radical (unpaired) electrons. The lowest BCUT2D eigenvalue weighted by Crippen LogP contribution is -2.21. The van der Waals surface area contributed by atoms with Gasteiger partial charge in [0.15, 0.2) is 10.2 Å². The van der Waals surface area contributed by atoms with E-state index in [1.807, 2.05) is 6.92 Å². The van der Waals surface area contributed by atoms with Crippen LogP contribution in [0.4, 0.5) is 9.52 Å². The predicted octanol–water partition coefficient (Wildman–Crippen LogP) is 3.93. The van der Waals surface area contributed by atoms with Crippen molar-refractivity contribution < 1.29 is 4.39 Å². The molecular formula is C14H18FN5S2. The van der Waals surface area contributed by atoms with Gasteiger partial charge >= 0.3 is 0 Å². The fraction of sp³-hybridized carbons (Fsp3) is 0.571. The van der Waals surface area contributed by atoms with Crippen molar-refractivity contribution in [3.8, 4) is 0 Å². The standard InChI is InChI=1S/C14H18FN5S2/c1-2-10-11(15)12(17-8-16-10)21-14-20-19-13(22-14)18-9-6-4-3-5-7-9/h8-9H,2-7H2,1H3,(H,18,19). The SMILES string of the molecule is CCc1ncnc(Sc2nnc(NC3CCCCC3)s2)c1F. The molecule has 3 rings (SSSR count). The molecule has 1 aliphatic rings. The van der Waals surface area contributed by atoms with E-state index in [-0.39, 0.29) is 5.82 Å². The molecule has 1 saturated carbocycles. The molecule has 22 heavy (non-hydrogen) atoms. The van der Waals surface area contributed by atoms with E-state index < -0.39 is 0 Å². The summed E-state index contributed by atoms with van der Waals surface area (Å²) < 4.78 is 14.8. The van der Waals surface area contributed by atoms with Gasteiger partial charge < -0.3 is 5.32 Å². The fourth-order valence-electron chi connectivity index (χ4n) is 2.52. The number of anilines is 1. The average molecular weight is 339 g/mol. The number of rotatable bonds is 5. The molecule has 0 aliphatic heterocycles. The molecule has 0 amide bonds. The Labute approximate surface area is 137 Å². The lowest BCUT2D eigenvalue weighted by Gasteiger charge is -2.21. The second-order valence-corrected chi connectivity index (χ2v) is 7.46. The van der Waals surface area contributed by atoms with E-state index in [0.29, 0.717) is 27.5 Å². The maximum Gasteiger partial charge on any atom is 0.206 e. The average Bonchev–Trinajstić information content (AvgIpc) is 2.97. The van der Waals surface area contributed by atoms with Crippen molar-refractivity contribution in [2.24, 2.45) is 0 Å². The third-order valence-corrected chi connectivity index (χ3v) is 5.57. The van der Waals surface area contributed by atoms with E-state index in [2.05, 4.69) is 25.5 Å². The lowest BCUT2D eigenvalue weighted by atomic mass is 9.96. The van der Waals surface area contributed by atoms with Gasteiger partial charge in [-0.25, -0.2) is 14.4 Å². The predicted molar refractivity (Wildman–Crippen MR) is 85.9 cm³/mol. The minimum atomic E-state index is -0.355. The highest BCUT2D eigenvalue weighted by atomic mass is 32.2. The number of hydrogen-bond donors (Lipinski definition) is 1. The van der Waals surface area contributed by atoms with Gasteiger partial charge in [0, 0.05) is 6.04 Å². The molecule has 0 bridgehead atoms. The van der Waals surface area contributed by atoms with E-state index in [9.17, 15) is 4.39 Å². The monoisotopic (exact) mass is 339 g/mol. The molecule has 1 N–H and O–H groups in total. The van der Waals surface area contributed by atoms with Gasteiger partial charge in [-0.05, 0) is 31.0 Å². The van der Waals surface area contributed by atoms with Gasteiger partial charge in [0.25, 0.3) is 0 Å². The van der Waals surface area contributed by atoms with Crippen molar-refractivity contribution in [2.75, 3.05) is 5.32 Å². The van der Waals surface area contributed by atoms with Crippen molar-refractivity contribution in [1.82, 2.24) is 20.2 Å². The van der Waals surface area contributed by atoms with Crippen LogP contribution in [0, 0.1) is 5.82 Å². The summed E-state index contributed by atoms with van der Waals surface area (Å²) in [6.07, 6.45) is 8.17. The zero-order chi connectivity index (χ0) is 15.4. The molecule has 1 fully saturated rings. The van der Waals surface area contributed by atoms with E-state index >= 15 is 0 Å². The molecule has 0 unspecified atom stereocenters. The molecule has 118 valence electrons. The summed E-state index contributed by atoms with van der Waals surface area (Å²) in [5.74, 6) is -0.355. The molecule has 0 aromatic carbocycles. The molecular weight excluding hydrogens is 321 g/mol. The van der Waals surface area contributed by atoms with Crippen LogP contribution in [0.2, 0.25) is 0 Å². The molecule has 2 aromatic heterocycles. The van der Waals surface area contributed by atoms with Gasteiger partial charge in [-0.15, -0.1) is 10.2 Å². The minimum absolute atomic E-state index is 0.312. The zero-order valence-corrected chi connectivity index (χ0v) is 14.0. The van der Waals surface area contributed by atoms with Crippen LogP contribution in [-0.2, 0) is 6.42 Å². The minimum Gasteiger partial charge on any atom is -0.357 e. The number of halogens is 1. The van der Waals surface area contributed by atoms with Crippen LogP contribution in [0.3, 0.4) is 0 Å². The van der Waals surface area contributed by atoms with Gasteiger partial charge in [-0.1, -0.05) is 37.5 Å². The third kappa shape index (κ3) is 3.73. The number of aryl methyl sites for hydroxylation is 1. The van der Waals surface area contributed by atoms with Crippen molar-refractivity contribution in [1.29, 1.82) is 0 Å². The smallest absolute Gasteiger partial charge is 0.206 e. The van der Waals surface area contributed by atoms with E-state index in [1.165, 1.54) is 61.5 Å². The Balaban J connectivity index is 1.66. The van der Waals surface area contributed by atoms with E-state index in [4.69, 9.17) is 0 Å². The summed E-state index contributed by atoms with van der Waals surface area (Å²) in [4.78, 5) is 7.94. The maximum atomic E-state index is 14.1. The van der Waals surface area contributed by atoms with Crippen LogP contribution in [0.5, 0.6) is 0 Å². The Morgan fingerprint density at radius 3 is 2.86 bits per heavy atom. The topological polar surface area (TPSA) is 63.6 Å². The maximum absolute atomic E-state index is 14.1. The quantitative estimate of drug-likeness (QED) is 0.833. The van der Waals surface area contributed by atoms with E-state index in [1.54, 1.807) is 0 Å². The van der Waals surface area contributed by atoms with Crippen LogP contribution in [0.25, 0.3) is 0 Å². The van der Waals surface area contributed by atoms with Crippen LogP contribution in [-0.4, -0.2) is 26.2 Å². The Hall–Kier alpha value is -1.28. The van der Waals surface area contributed by atoms with Crippen molar-refractivity contribution >= 4 is 28.2 Å². The Bertz CT molecular complexity index is 627. The Kier molecular flexibility index (Phi) is 5.20. The highest BCUT2D eigenvalue weighted by Gasteiger charge is 2.17. The van der Waals surface area contributed by atoms with Gasteiger partial charge in [-0.3, -0.25) is 0 Å². The number of aromatic nitrogens is 4. The highest BCUT2D eigenvalue weighted by Crippen LogP contribution is 2.33. The normalized spacial score (nSPS) is 15.9. The van der Waals surface area contributed by atoms with Crippen molar-refractivity contribution in [3.63, 3.8) is 0 Å². The summed E-state index contributed by atoms with van der Waals surface area (Å²) in [6.45, 7) is 1.87. The molecule has 2 aromatic rings. The first-order chi connectivity index (χ1) is 10.8. The zero-order valence-electron chi connectivity index (χ0n) is 12.4. The molecule has 2 heterocycles. The van der Waals surface area contributed by atoms with Gasteiger partial charge in [0.05, 0.1) is 5.69 Å². The van der Waals surface area contributed by atoms with Crippen LogP contribution >= 0.6 is 23.1 Å². The molecule has 5 nitrogen and oxygen atoms in total. The second-order valence-electron chi connectivity index (χ2n) is 5.25. The Morgan fingerprint density at radius 1 is 1.27 bits per heavy atom. The number of nitrogens with zero attached hydrogens (tertiary/aromatic N) is 4. The summed E-state index contributed by atoms with van der Waals surface area (Å²) in [5.41, 5.74) is 0.433. The van der Waals surface area contributed by atoms with Gasteiger partial charge in [0.2, 0.25) is 5.13 Å². The lowest BCUT2D eigenvalue weighted by molar-refractivity contribution is 0.462. The Morgan fingerprint density at radius 2 is 2.09 bits per heavy atom. The molecule has 0 saturated heterocycles. The van der Waals surface area contributed by atoms with Crippen LogP contribution < -0.4 is 5.32 Å². The third-order valence-electron chi connectivity index (χ3n) is 3.69. The molecule has 0 atom stereocenters. The number of nitrogens with one attached hydrogen (secondary N) is 1. The van der Waals surface area contributed by atoms with Gasteiger partial charge in [-0.2, -0.15) is 0 Å². The van der Waals surface area contributed by atoms with Gasteiger partial charge in [0.1, 0.15) is 11.4 Å². The number of hydrogen-bond acceptors (Lipinski definition) is 7. The van der Waals surface area contributed by atoms with Crippen LogP contribution in [0.15, 0.2) is 15.7 Å². The highest BCUT2D eigenvalue weighted by molar-refractivity contribution is 8.01. The summed E-state index contributed by atoms with van der Waals surface area (Å²) in [6, 6.07) is 0.488. The summed E-state index contributed by atoms with van der Waals surface area (Å²) in [5, 5.41) is 12.8. The first-order valence-electron chi connectivity index (χ1n) is 7.53. The van der Waals surface area contributed by atoms with Crippen molar-refractivity contribution in [2.45, 2.75) is 60.9 Å².